The average Bonchev–Trinajstić information content (AvgIpc) is 3.67. The number of fused-ring (bicyclic) bond motifs is 1. The van der Waals surface area contributed by atoms with Crippen LogP contribution in [-0.2, 0) is 4.79 Å². The summed E-state index contributed by atoms with van der Waals surface area (Å²) in [6.07, 6.45) is -4.63. The normalized spacial score (nSPS) is 18.9. The van der Waals surface area contributed by atoms with Gasteiger partial charge in [-0.25, -0.2) is 18.9 Å². The summed E-state index contributed by atoms with van der Waals surface area (Å²) in [7, 11) is 1.25. The number of anilines is 1. The fourth-order valence-corrected chi connectivity index (χ4v) is 4.38. The Labute approximate surface area is 226 Å². The van der Waals surface area contributed by atoms with Crippen LogP contribution in [0.25, 0.3) is 28.2 Å². The molecule has 3 atom stereocenters. The minimum Gasteiger partial charge on any atom is -0.480 e. The van der Waals surface area contributed by atoms with Gasteiger partial charge in [0.15, 0.2) is 5.82 Å². The molecule has 2 amide bonds. The van der Waals surface area contributed by atoms with Gasteiger partial charge in [-0.15, -0.1) is 10.2 Å². The van der Waals surface area contributed by atoms with Crippen molar-refractivity contribution in [1.29, 1.82) is 0 Å². The van der Waals surface area contributed by atoms with E-state index in [1.54, 1.807) is 6.07 Å². The summed E-state index contributed by atoms with van der Waals surface area (Å²) in [5.74, 6) is -2.48. The maximum absolute atomic E-state index is 14.8. The van der Waals surface area contributed by atoms with Crippen LogP contribution in [0.1, 0.15) is 17.3 Å². The van der Waals surface area contributed by atoms with Crippen molar-refractivity contribution in [3.63, 3.8) is 0 Å². The number of hydrogen-bond donors (Lipinski definition) is 4. The predicted octanol–water partition coefficient (Wildman–Crippen LogP) is 0.154. The lowest BCUT2D eigenvalue weighted by Gasteiger charge is -2.29. The summed E-state index contributed by atoms with van der Waals surface area (Å²) < 4.78 is 60.8. The Balaban J connectivity index is 1.47. The topological polar surface area (TPSA) is 202 Å². The third-order valence-corrected chi connectivity index (χ3v) is 6.57. The number of carbonyl (C=O) groups excluding carboxylic acids is 2. The first-order chi connectivity index (χ1) is 19.3. The fourth-order valence-electron chi connectivity index (χ4n) is 4.38. The highest BCUT2D eigenvalue weighted by atomic mass is 19.4. The number of amides is 2. The Hall–Kier alpha value is -4.94. The molecule has 5 N–H and O–H groups in total. The zero-order valence-corrected chi connectivity index (χ0v) is 21.2. The van der Waals surface area contributed by atoms with Crippen LogP contribution in [0.15, 0.2) is 24.7 Å². The molecule has 0 spiro atoms. The molecule has 0 saturated carbocycles. The molecule has 4 aromatic heterocycles. The minimum absolute atomic E-state index is 0.134. The monoisotopic (exact) mass is 579 g/mol. The van der Waals surface area contributed by atoms with Gasteiger partial charge in [0.2, 0.25) is 17.3 Å². The molecular formula is C22H21F4N11O4. The van der Waals surface area contributed by atoms with Gasteiger partial charge < -0.3 is 25.8 Å². The molecule has 41 heavy (non-hydrogen) atoms. The second-order valence-corrected chi connectivity index (χ2v) is 9.24. The molecule has 1 aliphatic heterocycles. The summed E-state index contributed by atoms with van der Waals surface area (Å²) >= 11 is 0. The molecule has 5 heterocycles. The third kappa shape index (κ3) is 4.72. The lowest BCUT2D eigenvalue weighted by atomic mass is 10.1. The van der Waals surface area contributed by atoms with E-state index < -0.39 is 48.9 Å². The second-order valence-electron chi connectivity index (χ2n) is 9.24. The number of alkyl halides is 4. The van der Waals surface area contributed by atoms with E-state index in [-0.39, 0.29) is 30.0 Å². The third-order valence-electron chi connectivity index (χ3n) is 6.57. The number of aliphatic hydroxyl groups is 1. The number of methoxy groups -OCH3 is 1. The number of nitrogens with zero attached hydrogens (tertiary/aromatic N) is 8. The molecular weight excluding hydrogens is 558 g/mol. The Morgan fingerprint density at radius 1 is 1.24 bits per heavy atom. The van der Waals surface area contributed by atoms with Gasteiger partial charge in [0.05, 0.1) is 31.0 Å². The Morgan fingerprint density at radius 2 is 2.00 bits per heavy atom. The molecule has 0 aromatic carbocycles. The van der Waals surface area contributed by atoms with Gasteiger partial charge in [-0.1, -0.05) is 0 Å². The van der Waals surface area contributed by atoms with Gasteiger partial charge in [0.1, 0.15) is 23.6 Å². The maximum Gasteiger partial charge on any atom is 0.426 e. The zero-order valence-electron chi connectivity index (χ0n) is 21.2. The molecule has 0 bridgehead atoms. The van der Waals surface area contributed by atoms with Gasteiger partial charge in [-0.3, -0.25) is 9.59 Å². The number of nitrogens with two attached hydrogens (primary N) is 1. The van der Waals surface area contributed by atoms with Crippen LogP contribution in [-0.4, -0.2) is 106 Å². The van der Waals surface area contributed by atoms with Crippen LogP contribution < -0.4 is 15.8 Å². The lowest BCUT2D eigenvalue weighted by Crippen LogP contribution is -2.56. The molecule has 1 aliphatic rings. The first kappa shape index (κ1) is 27.6. The van der Waals surface area contributed by atoms with Gasteiger partial charge in [0, 0.05) is 18.3 Å². The zero-order chi connectivity index (χ0) is 29.7. The Morgan fingerprint density at radius 3 is 2.66 bits per heavy atom. The Bertz CT molecular complexity index is 1620. The molecule has 3 unspecified atom stereocenters. The number of tetrazole rings is 1. The van der Waals surface area contributed by atoms with E-state index in [0.717, 1.165) is 0 Å². The summed E-state index contributed by atoms with van der Waals surface area (Å²) in [6.45, 7) is -1.10. The van der Waals surface area contributed by atoms with Crippen molar-refractivity contribution in [2.45, 2.75) is 30.9 Å². The number of aromatic nitrogens is 8. The number of ether oxygens (including phenoxy) is 1. The highest BCUT2D eigenvalue weighted by Crippen LogP contribution is 2.36. The Kier molecular flexibility index (Phi) is 6.68. The number of nitrogens with one attached hydrogen (secondary N) is 2. The highest BCUT2D eigenvalue weighted by Gasteiger charge is 2.58. The number of pyridine rings is 1. The standard InChI is InChI=1S/C22H21F4N11O4/c1-21(40,22(24,25)26)20(39)36-6-12(23)13(7-36)31-18(38)11-3-9(5-28-19(11)41-2)15-10(17-32-34-35-33-17)4-14-16(27)29-8-30-37(14)15/h3-5,8,12-13,40H,6-7H2,1-2H3,(H,31,38)(H2,27,29,30)(H,32,33,34,35). The molecule has 0 radical (unpaired) electrons. The molecule has 216 valence electrons. The van der Waals surface area contributed by atoms with Crippen molar-refractivity contribution in [3.8, 4) is 28.5 Å². The highest BCUT2D eigenvalue weighted by molar-refractivity contribution is 5.98. The molecule has 5 rings (SSSR count). The van der Waals surface area contributed by atoms with Crippen LogP contribution in [0.2, 0.25) is 0 Å². The van der Waals surface area contributed by atoms with Crippen molar-refractivity contribution < 1.29 is 37.0 Å². The number of hydrogen-bond acceptors (Lipinski definition) is 11. The van der Waals surface area contributed by atoms with Gasteiger partial charge in [-0.05, 0) is 24.3 Å². The van der Waals surface area contributed by atoms with Crippen molar-refractivity contribution in [2.24, 2.45) is 0 Å². The van der Waals surface area contributed by atoms with Crippen molar-refractivity contribution in [3.05, 3.63) is 30.2 Å². The quantitative estimate of drug-likeness (QED) is 0.227. The molecule has 0 aliphatic carbocycles. The van der Waals surface area contributed by atoms with E-state index in [0.29, 0.717) is 27.2 Å². The SMILES string of the molecule is COc1ncc(-c2c(-c3nn[nH]n3)cc3c(N)ncnn23)cc1C(=O)NC1CN(C(=O)C(C)(O)C(F)(F)F)CC1F. The molecule has 1 fully saturated rings. The summed E-state index contributed by atoms with van der Waals surface area (Å²) in [6, 6.07) is 1.58. The average molecular weight is 579 g/mol. The molecule has 19 heteroatoms. The van der Waals surface area contributed by atoms with Crippen LogP contribution >= 0.6 is 0 Å². The van der Waals surface area contributed by atoms with Crippen LogP contribution in [0.3, 0.4) is 0 Å². The fraction of sp³-hybridized carbons (Fsp3) is 0.364. The molecule has 1 saturated heterocycles. The molecule has 15 nitrogen and oxygen atoms in total. The van der Waals surface area contributed by atoms with E-state index in [1.165, 1.54) is 30.2 Å². The first-order valence-electron chi connectivity index (χ1n) is 11.8. The number of rotatable bonds is 6. The number of nitrogen functional groups attached to an aromatic ring is 1. The van der Waals surface area contributed by atoms with E-state index in [4.69, 9.17) is 10.5 Å². The summed E-state index contributed by atoms with van der Waals surface area (Å²) in [4.78, 5) is 34.2. The largest absolute Gasteiger partial charge is 0.480 e. The predicted molar refractivity (Wildman–Crippen MR) is 130 cm³/mol. The van der Waals surface area contributed by atoms with Crippen molar-refractivity contribution in [2.75, 3.05) is 25.9 Å². The van der Waals surface area contributed by atoms with Gasteiger partial charge >= 0.3 is 6.18 Å². The van der Waals surface area contributed by atoms with Gasteiger partial charge in [0.25, 0.3) is 11.8 Å². The van der Waals surface area contributed by atoms with E-state index in [2.05, 4.69) is 41.0 Å². The summed E-state index contributed by atoms with van der Waals surface area (Å²) in [5, 5.41) is 30.1. The van der Waals surface area contributed by atoms with Crippen molar-refractivity contribution in [1.82, 2.24) is 50.4 Å². The number of halogens is 4. The number of aromatic amines is 1. The van der Waals surface area contributed by atoms with Gasteiger partial charge in [-0.2, -0.15) is 23.5 Å². The second kappa shape index (κ2) is 9.91. The molecule has 4 aromatic rings. The number of H-pyrrole nitrogens is 1. The van der Waals surface area contributed by atoms with E-state index in [9.17, 15) is 32.3 Å². The van der Waals surface area contributed by atoms with Crippen LogP contribution in [0, 0.1) is 0 Å². The van der Waals surface area contributed by atoms with Crippen LogP contribution in [0.5, 0.6) is 5.88 Å². The summed E-state index contributed by atoms with van der Waals surface area (Å²) in [5.41, 5.74) is 3.54. The number of carbonyl (C=O) groups is 2. The maximum atomic E-state index is 14.8. The van der Waals surface area contributed by atoms with E-state index in [1.807, 2.05) is 0 Å². The first-order valence-corrected chi connectivity index (χ1v) is 11.8. The minimum atomic E-state index is -5.28. The number of likely N-dealkylation sites (tertiary alicyclic amines) is 1. The lowest BCUT2D eigenvalue weighted by molar-refractivity contribution is -0.249. The van der Waals surface area contributed by atoms with Crippen LogP contribution in [0.4, 0.5) is 23.4 Å². The van der Waals surface area contributed by atoms with Crippen molar-refractivity contribution >= 4 is 23.1 Å². The van der Waals surface area contributed by atoms with E-state index >= 15 is 0 Å². The smallest absolute Gasteiger partial charge is 0.426 e.